The van der Waals surface area contributed by atoms with E-state index < -0.39 is 10.0 Å². The van der Waals surface area contributed by atoms with Crippen molar-refractivity contribution in [2.24, 2.45) is 5.73 Å². The van der Waals surface area contributed by atoms with Crippen LogP contribution in [0.3, 0.4) is 0 Å². The zero-order valence-corrected chi connectivity index (χ0v) is 12.6. The Morgan fingerprint density at radius 3 is 2.33 bits per heavy atom. The number of sulfonamides is 1. The lowest BCUT2D eigenvalue weighted by Crippen LogP contribution is -2.09. The van der Waals surface area contributed by atoms with Gasteiger partial charge in [-0.2, -0.15) is 0 Å². The Kier molecular flexibility index (Phi) is 3.47. The van der Waals surface area contributed by atoms with Crippen LogP contribution in [0.5, 0.6) is 0 Å². The predicted molar refractivity (Wildman–Crippen MR) is 85.7 cm³/mol. The highest BCUT2D eigenvalue weighted by molar-refractivity contribution is 7.92. The molecule has 3 rings (SSSR count). The summed E-state index contributed by atoms with van der Waals surface area (Å²) in [4.78, 5) is 0. The molecule has 2 aromatic rings. The average molecular weight is 302 g/mol. The van der Waals surface area contributed by atoms with E-state index in [1.807, 2.05) is 18.2 Å². The third-order valence-electron chi connectivity index (χ3n) is 3.68. The second kappa shape index (κ2) is 5.16. The Hall–Kier alpha value is -1.85. The van der Waals surface area contributed by atoms with E-state index >= 15 is 0 Å². The quantitative estimate of drug-likeness (QED) is 0.911. The van der Waals surface area contributed by atoms with Gasteiger partial charge in [-0.25, -0.2) is 8.42 Å². The van der Waals surface area contributed by atoms with E-state index in [2.05, 4.69) is 29.0 Å². The van der Waals surface area contributed by atoms with Gasteiger partial charge in [-0.05, 0) is 35.2 Å². The van der Waals surface area contributed by atoms with Gasteiger partial charge in [0.25, 0.3) is 0 Å². The second-order valence-corrected chi connectivity index (χ2v) is 7.33. The number of hydrogen-bond acceptors (Lipinski definition) is 3. The van der Waals surface area contributed by atoms with Crippen LogP contribution in [0.2, 0.25) is 0 Å². The lowest BCUT2D eigenvalue weighted by Gasteiger charge is -2.08. The zero-order valence-electron chi connectivity index (χ0n) is 11.8. The lowest BCUT2D eigenvalue weighted by molar-refractivity contribution is 0.607. The Morgan fingerprint density at radius 1 is 1.10 bits per heavy atom. The Balaban J connectivity index is 1.84. The van der Waals surface area contributed by atoms with Crippen molar-refractivity contribution in [1.29, 1.82) is 0 Å². The largest absolute Gasteiger partial charge is 0.327 e. The fourth-order valence-electron chi connectivity index (χ4n) is 2.50. The third-order valence-corrected chi connectivity index (χ3v) is 4.28. The molecule has 21 heavy (non-hydrogen) atoms. The van der Waals surface area contributed by atoms with Gasteiger partial charge in [-0.1, -0.05) is 36.4 Å². The summed E-state index contributed by atoms with van der Waals surface area (Å²) in [7, 11) is -3.26. The van der Waals surface area contributed by atoms with Crippen molar-refractivity contribution >= 4 is 15.7 Å². The van der Waals surface area contributed by atoms with Crippen molar-refractivity contribution in [3.8, 4) is 11.1 Å². The number of benzene rings is 2. The van der Waals surface area contributed by atoms with E-state index in [-0.39, 0.29) is 0 Å². The molecule has 110 valence electrons. The molecule has 1 saturated carbocycles. The molecule has 0 spiro atoms. The maximum atomic E-state index is 11.3. The summed E-state index contributed by atoms with van der Waals surface area (Å²) in [6.45, 7) is 0. The summed E-state index contributed by atoms with van der Waals surface area (Å²) < 4.78 is 25.1. The standard InChI is InChI=1S/C16H18N2O2S/c1-21(19,20)18-14-4-2-3-13(9-14)11-5-7-12(8-6-11)15-10-16(15)17/h2-9,15-16,18H,10,17H2,1H3. The third kappa shape index (κ3) is 3.43. The molecule has 0 bridgehead atoms. The summed E-state index contributed by atoms with van der Waals surface area (Å²) in [5.41, 5.74) is 9.75. The van der Waals surface area contributed by atoms with E-state index in [0.717, 1.165) is 23.8 Å². The van der Waals surface area contributed by atoms with Gasteiger partial charge in [0.2, 0.25) is 10.0 Å². The van der Waals surface area contributed by atoms with E-state index in [1.54, 1.807) is 6.07 Å². The molecule has 0 aromatic heterocycles. The monoisotopic (exact) mass is 302 g/mol. The molecule has 2 aromatic carbocycles. The number of nitrogens with one attached hydrogen (secondary N) is 1. The number of rotatable bonds is 4. The molecule has 3 N–H and O–H groups in total. The minimum atomic E-state index is -3.26. The minimum absolute atomic E-state index is 0.304. The molecule has 0 radical (unpaired) electrons. The van der Waals surface area contributed by atoms with Crippen LogP contribution in [0.15, 0.2) is 48.5 Å². The van der Waals surface area contributed by atoms with Crippen molar-refractivity contribution in [3.05, 3.63) is 54.1 Å². The molecular formula is C16H18N2O2S. The molecule has 0 heterocycles. The van der Waals surface area contributed by atoms with Crippen molar-refractivity contribution in [2.45, 2.75) is 18.4 Å². The van der Waals surface area contributed by atoms with Crippen LogP contribution >= 0.6 is 0 Å². The number of hydrogen-bond donors (Lipinski definition) is 2. The first-order valence-corrected chi connectivity index (χ1v) is 8.75. The van der Waals surface area contributed by atoms with E-state index in [9.17, 15) is 8.42 Å². The Labute approximate surface area is 125 Å². The Bertz CT molecular complexity index is 754. The summed E-state index contributed by atoms with van der Waals surface area (Å²) in [5, 5.41) is 0. The van der Waals surface area contributed by atoms with Crippen molar-refractivity contribution in [2.75, 3.05) is 11.0 Å². The molecule has 1 fully saturated rings. The zero-order chi connectivity index (χ0) is 15.0. The SMILES string of the molecule is CS(=O)(=O)Nc1cccc(-c2ccc(C3CC3N)cc2)c1. The second-order valence-electron chi connectivity index (χ2n) is 5.58. The summed E-state index contributed by atoms with van der Waals surface area (Å²) >= 11 is 0. The van der Waals surface area contributed by atoms with Gasteiger partial charge in [0.05, 0.1) is 6.26 Å². The van der Waals surface area contributed by atoms with Crippen LogP contribution in [0.1, 0.15) is 17.9 Å². The van der Waals surface area contributed by atoms with Gasteiger partial charge >= 0.3 is 0 Å². The van der Waals surface area contributed by atoms with Gasteiger partial charge in [0.15, 0.2) is 0 Å². The minimum Gasteiger partial charge on any atom is -0.327 e. The van der Waals surface area contributed by atoms with Crippen molar-refractivity contribution in [1.82, 2.24) is 0 Å². The Morgan fingerprint density at radius 2 is 1.76 bits per heavy atom. The maximum absolute atomic E-state index is 11.3. The van der Waals surface area contributed by atoms with E-state index in [0.29, 0.717) is 17.6 Å². The lowest BCUT2D eigenvalue weighted by atomic mass is 10.0. The first kappa shape index (κ1) is 14.1. The normalized spacial score (nSPS) is 21.0. The van der Waals surface area contributed by atoms with Crippen LogP contribution in [0.25, 0.3) is 11.1 Å². The van der Waals surface area contributed by atoms with Crippen LogP contribution in [-0.2, 0) is 10.0 Å². The fraction of sp³-hybridized carbons (Fsp3) is 0.250. The highest BCUT2D eigenvalue weighted by Crippen LogP contribution is 2.39. The molecular weight excluding hydrogens is 284 g/mol. The highest BCUT2D eigenvalue weighted by atomic mass is 32.2. The van der Waals surface area contributed by atoms with Crippen molar-refractivity contribution in [3.63, 3.8) is 0 Å². The van der Waals surface area contributed by atoms with Gasteiger partial charge in [0, 0.05) is 17.6 Å². The molecule has 0 amide bonds. The van der Waals surface area contributed by atoms with Gasteiger partial charge in [-0.3, -0.25) is 4.72 Å². The van der Waals surface area contributed by atoms with Gasteiger partial charge < -0.3 is 5.73 Å². The summed E-state index contributed by atoms with van der Waals surface area (Å²) in [6.07, 6.45) is 2.21. The fourth-order valence-corrected chi connectivity index (χ4v) is 3.05. The molecule has 2 unspecified atom stereocenters. The highest BCUT2D eigenvalue weighted by Gasteiger charge is 2.34. The van der Waals surface area contributed by atoms with Crippen molar-refractivity contribution < 1.29 is 8.42 Å². The molecule has 4 nitrogen and oxygen atoms in total. The molecule has 1 aliphatic carbocycles. The van der Waals surface area contributed by atoms with E-state index in [4.69, 9.17) is 5.73 Å². The maximum Gasteiger partial charge on any atom is 0.229 e. The predicted octanol–water partition coefficient (Wildman–Crippen LogP) is 2.54. The topological polar surface area (TPSA) is 72.2 Å². The van der Waals surface area contributed by atoms with Crippen LogP contribution in [0.4, 0.5) is 5.69 Å². The first-order valence-electron chi connectivity index (χ1n) is 6.86. The molecule has 5 heteroatoms. The van der Waals surface area contributed by atoms with Crippen LogP contribution < -0.4 is 10.5 Å². The van der Waals surface area contributed by atoms with Crippen LogP contribution in [-0.4, -0.2) is 20.7 Å². The smallest absolute Gasteiger partial charge is 0.229 e. The first-order chi connectivity index (χ1) is 9.92. The van der Waals surface area contributed by atoms with Gasteiger partial charge in [0.1, 0.15) is 0 Å². The number of nitrogens with two attached hydrogens (primary N) is 1. The molecule has 1 aliphatic rings. The molecule has 0 aliphatic heterocycles. The average Bonchev–Trinajstić information content (AvgIpc) is 3.14. The summed E-state index contributed by atoms with van der Waals surface area (Å²) in [6, 6.07) is 16.0. The van der Waals surface area contributed by atoms with Crippen LogP contribution in [0, 0.1) is 0 Å². The van der Waals surface area contributed by atoms with Gasteiger partial charge in [-0.15, -0.1) is 0 Å². The van der Waals surface area contributed by atoms with E-state index in [1.165, 1.54) is 5.56 Å². The summed E-state index contributed by atoms with van der Waals surface area (Å²) in [5.74, 6) is 0.497. The molecule has 2 atom stereocenters. The molecule has 0 saturated heterocycles. The number of anilines is 1.